The maximum Gasteiger partial charge on any atom is 0.434 e. The SMILES string of the molecule is Bc1c(B)c(B)c(C(B)N2CC3(CC(OC(=O)N4C[C@H](C)N(c5cnc(C(F)(F)F)cn5)C[C@H]4C)C3)C2)c(B)c1B. The number of carbonyl (C=O) groups is 1. The molecule has 1 spiro atoms. The number of hydrogen-bond donors (Lipinski definition) is 0. The van der Waals surface area contributed by atoms with Crippen LogP contribution in [0, 0.1) is 5.41 Å². The number of halogens is 3. The van der Waals surface area contributed by atoms with E-state index in [2.05, 4.69) is 61.9 Å². The minimum Gasteiger partial charge on any atom is -0.446 e. The fraction of sp³-hybridized carbons (Fsp3) is 0.560. The molecule has 7 nitrogen and oxygen atoms in total. The van der Waals surface area contributed by atoms with E-state index >= 15 is 0 Å². The second-order valence-corrected chi connectivity index (χ2v) is 12.8. The van der Waals surface area contributed by atoms with Gasteiger partial charge in [0, 0.05) is 49.6 Å². The lowest BCUT2D eigenvalue weighted by atomic mass is 9.56. The first-order valence-electron chi connectivity index (χ1n) is 14.6. The first-order chi connectivity index (χ1) is 19.1. The minimum atomic E-state index is -4.53. The van der Waals surface area contributed by atoms with Crippen molar-refractivity contribution in [3.8, 4) is 0 Å². The van der Waals surface area contributed by atoms with Gasteiger partial charge in [-0.05, 0) is 26.7 Å². The van der Waals surface area contributed by atoms with Crippen LogP contribution in [0.3, 0.4) is 0 Å². The molecule has 3 atom stereocenters. The molecule has 0 bridgehead atoms. The molecule has 0 radical (unpaired) electrons. The monoisotopic (exact) mass is 561 g/mol. The topological polar surface area (TPSA) is 61.8 Å². The zero-order valence-electron chi connectivity index (χ0n) is 25.4. The maximum atomic E-state index is 13.1. The number of rotatable bonds is 4. The summed E-state index contributed by atoms with van der Waals surface area (Å²) in [6, 6.07) is -0.315. The van der Waals surface area contributed by atoms with Crippen LogP contribution in [0.15, 0.2) is 12.4 Å². The van der Waals surface area contributed by atoms with Gasteiger partial charge in [0.15, 0.2) is 5.69 Å². The van der Waals surface area contributed by atoms with Crippen molar-refractivity contribution in [2.75, 3.05) is 31.1 Å². The van der Waals surface area contributed by atoms with Gasteiger partial charge in [-0.3, -0.25) is 0 Å². The van der Waals surface area contributed by atoms with Crippen LogP contribution in [0.5, 0.6) is 0 Å². The summed E-state index contributed by atoms with van der Waals surface area (Å²) in [6.45, 7) is 6.73. The van der Waals surface area contributed by atoms with Crippen LogP contribution in [-0.4, -0.2) is 117 Å². The molecule has 212 valence electrons. The van der Waals surface area contributed by atoms with E-state index in [4.69, 9.17) is 4.74 Å². The van der Waals surface area contributed by atoms with Crippen molar-refractivity contribution in [2.24, 2.45) is 5.41 Å². The first kappa shape index (κ1) is 30.0. The number of aromatic nitrogens is 2. The average Bonchev–Trinajstić information content (AvgIpc) is 2.87. The lowest BCUT2D eigenvalue weighted by Gasteiger charge is -2.60. The Labute approximate surface area is 245 Å². The molecule has 16 heteroatoms. The minimum absolute atomic E-state index is 0.0754. The maximum absolute atomic E-state index is 13.1. The number of ether oxygens (including phenoxy) is 1. The molecule has 1 saturated carbocycles. The molecule has 0 N–H and O–H groups in total. The first-order valence-corrected chi connectivity index (χ1v) is 14.6. The van der Waals surface area contributed by atoms with Crippen molar-refractivity contribution >= 4 is 86.3 Å². The van der Waals surface area contributed by atoms with E-state index < -0.39 is 11.9 Å². The van der Waals surface area contributed by atoms with E-state index in [1.165, 1.54) is 32.9 Å². The van der Waals surface area contributed by atoms with E-state index in [1.54, 1.807) is 4.90 Å². The molecule has 3 fully saturated rings. The molecular weight excluding hydrogens is 524 g/mol. The van der Waals surface area contributed by atoms with E-state index in [9.17, 15) is 18.0 Å². The highest BCUT2D eigenvalue weighted by Crippen LogP contribution is 2.51. The zero-order valence-corrected chi connectivity index (χ0v) is 25.4. The molecule has 1 aromatic carbocycles. The van der Waals surface area contributed by atoms with E-state index in [1.807, 2.05) is 18.7 Å². The fourth-order valence-corrected chi connectivity index (χ4v) is 7.20. The summed E-state index contributed by atoms with van der Waals surface area (Å²) in [5.41, 5.74) is 7.62. The van der Waals surface area contributed by atoms with Crippen molar-refractivity contribution in [2.45, 2.75) is 57.0 Å². The third-order valence-electron chi connectivity index (χ3n) is 10.1. The molecule has 2 saturated heterocycles. The summed E-state index contributed by atoms with van der Waals surface area (Å²) in [4.78, 5) is 26.8. The zero-order chi connectivity index (χ0) is 30.0. The summed E-state index contributed by atoms with van der Waals surface area (Å²) in [6.07, 6.45) is -1.24. The third-order valence-corrected chi connectivity index (χ3v) is 10.1. The van der Waals surface area contributed by atoms with Crippen LogP contribution in [0.2, 0.25) is 0 Å². The largest absolute Gasteiger partial charge is 0.446 e. The normalized spacial score (nSPS) is 23.6. The molecule has 1 aliphatic carbocycles. The molecule has 1 unspecified atom stereocenters. The fourth-order valence-electron chi connectivity index (χ4n) is 7.20. The highest BCUT2D eigenvalue weighted by molar-refractivity contribution is 6.67. The number of carbonyl (C=O) groups excluding carboxylic acids is 1. The van der Waals surface area contributed by atoms with Crippen LogP contribution in [-0.2, 0) is 10.9 Å². The average molecular weight is 560 g/mol. The number of amides is 1. The van der Waals surface area contributed by atoms with E-state index in [0.717, 1.165) is 38.3 Å². The van der Waals surface area contributed by atoms with Crippen molar-refractivity contribution in [1.29, 1.82) is 0 Å². The predicted octanol–water partition coefficient (Wildman–Crippen LogP) is -5.38. The summed E-state index contributed by atoms with van der Waals surface area (Å²) < 4.78 is 44.5. The van der Waals surface area contributed by atoms with E-state index in [0.29, 0.717) is 24.8 Å². The Kier molecular flexibility index (Phi) is 7.79. The molecule has 2 aliphatic heterocycles. The van der Waals surface area contributed by atoms with Gasteiger partial charge in [-0.1, -0.05) is 16.5 Å². The lowest BCUT2D eigenvalue weighted by Crippen LogP contribution is -2.67. The van der Waals surface area contributed by atoms with Crippen molar-refractivity contribution < 1.29 is 22.7 Å². The molecule has 3 heterocycles. The number of likely N-dealkylation sites (tertiary alicyclic amines) is 1. The van der Waals surface area contributed by atoms with Crippen LogP contribution in [0.1, 0.15) is 43.9 Å². The Morgan fingerprint density at radius 3 is 2.07 bits per heavy atom. The lowest BCUT2D eigenvalue weighted by molar-refractivity contribution is -0.141. The Balaban J connectivity index is 1.13. The summed E-state index contributed by atoms with van der Waals surface area (Å²) >= 11 is 0. The van der Waals surface area contributed by atoms with Gasteiger partial charge in [-0.15, -0.1) is 16.4 Å². The quantitative estimate of drug-likeness (QED) is 0.349. The number of alkyl halides is 3. The van der Waals surface area contributed by atoms with Crippen LogP contribution in [0.25, 0.3) is 0 Å². The number of piperazine rings is 1. The molecule has 3 aliphatic rings. The van der Waals surface area contributed by atoms with E-state index in [-0.39, 0.29) is 29.7 Å². The van der Waals surface area contributed by atoms with Gasteiger partial charge in [-0.2, -0.15) is 13.2 Å². The van der Waals surface area contributed by atoms with Gasteiger partial charge in [-0.25, -0.2) is 14.8 Å². The standard InChI is InChI=1S/C25H36B6F3N5O2/c1-11-8-39(12(2)7-38(11)15-6-35-14(5-36-15)25(32,33)34)23(40)41-13-3-24(4-13)9-37(10-24)22(31)16-17(26)19(28)21(30)20(29)18(16)27/h5-6,11-13,22H,3-4,7-10,26-31H2,1-2H3/t11-,12+,22?/m0/s1. The van der Waals surface area contributed by atoms with Crippen LogP contribution in [0.4, 0.5) is 23.8 Å². The summed E-state index contributed by atoms with van der Waals surface area (Å²) in [7, 11) is 13.5. The number of benzene rings is 1. The van der Waals surface area contributed by atoms with Crippen LogP contribution >= 0.6 is 0 Å². The Hall–Kier alpha value is -2.49. The van der Waals surface area contributed by atoms with Gasteiger partial charge in [0.1, 0.15) is 59.0 Å². The second kappa shape index (κ2) is 10.7. The highest BCUT2D eigenvalue weighted by atomic mass is 19.4. The van der Waals surface area contributed by atoms with Crippen molar-refractivity contribution in [3.05, 3.63) is 23.7 Å². The smallest absolute Gasteiger partial charge is 0.434 e. The van der Waals surface area contributed by atoms with Gasteiger partial charge in [0.05, 0.1) is 12.4 Å². The number of anilines is 1. The Bertz CT molecular complexity index is 1310. The third kappa shape index (κ3) is 5.41. The summed E-state index contributed by atoms with van der Waals surface area (Å²) in [5.74, 6) is 0.727. The highest BCUT2D eigenvalue weighted by Gasteiger charge is 2.55. The van der Waals surface area contributed by atoms with Gasteiger partial charge >= 0.3 is 12.3 Å². The van der Waals surface area contributed by atoms with Gasteiger partial charge in [0.2, 0.25) is 0 Å². The van der Waals surface area contributed by atoms with Gasteiger partial charge in [0.25, 0.3) is 0 Å². The molecule has 2 aromatic rings. The molecule has 5 rings (SSSR count). The Morgan fingerprint density at radius 1 is 0.951 bits per heavy atom. The van der Waals surface area contributed by atoms with Gasteiger partial charge < -0.3 is 19.4 Å². The second-order valence-electron chi connectivity index (χ2n) is 12.8. The molecule has 41 heavy (non-hydrogen) atoms. The molecule has 1 aromatic heterocycles. The van der Waals surface area contributed by atoms with Crippen molar-refractivity contribution in [3.63, 3.8) is 0 Å². The summed E-state index contributed by atoms with van der Waals surface area (Å²) in [5, 5.41) is 0. The predicted molar refractivity (Wildman–Crippen MR) is 172 cm³/mol. The number of nitrogens with zero attached hydrogens (tertiary/aromatic N) is 5. The Morgan fingerprint density at radius 2 is 1.54 bits per heavy atom. The van der Waals surface area contributed by atoms with Crippen molar-refractivity contribution in [1.82, 2.24) is 19.8 Å². The molecular formula is C25H36B6F3N5O2. The van der Waals surface area contributed by atoms with Crippen LogP contribution < -0.4 is 32.2 Å². The number of hydrogen-bond acceptors (Lipinski definition) is 6. The molecule has 1 amide bonds.